The second kappa shape index (κ2) is 29.7. The Labute approximate surface area is 451 Å². The Morgan fingerprint density at radius 2 is 0.770 bits per heavy atom. The molecular weight excluding hydrogens is 1100 g/mol. The van der Waals surface area contributed by atoms with Crippen LogP contribution in [0.5, 0.6) is 11.5 Å². The highest BCUT2D eigenvalue weighted by atomic mass is 35.5. The third-order valence-electron chi connectivity index (χ3n) is 10.8. The Morgan fingerprint density at radius 1 is 0.459 bits per heavy atom. The third kappa shape index (κ3) is 21.6. The summed E-state index contributed by atoms with van der Waals surface area (Å²) < 4.78 is 118. The van der Waals surface area contributed by atoms with Gasteiger partial charge >= 0.3 is 12.4 Å². The minimum atomic E-state index is -4.83. The standard InChI is InChI=1S/C27H27Cl2F3O5S.C27H25Cl2F3O3S/c28-22-8-4-20(5-9-22)26(21-6-10-23(29)11-7-21)37-16-18-38(34,35)17-15-36-24-12-1-19(2-13-24)3-14-25(33)27(30,31)32;28-22-8-4-20(5-9-22)26(21-6-10-23(29)11-7-21)35-16-18-36-17-15-34-24-12-1-19(2-13-24)3-14-25(33)27(30,31)32/h1-2,4-13,26,34-35H,3,14-18H2;1-2,4-13,26H,3,14-18H2. The van der Waals surface area contributed by atoms with Crippen LogP contribution in [0.25, 0.3) is 0 Å². The SMILES string of the molecule is O=C(CCc1ccc(OCCS(O)(O)CCOC(c2ccc(Cl)cc2)c2ccc(Cl)cc2)cc1)C(F)(F)F.O=C(CCc1ccc(OCCSCCOC(c2ccc(Cl)cc2)c2ccc(Cl)cc2)cc1)C(F)(F)F. The molecule has 0 amide bonds. The second-order valence-corrected chi connectivity index (χ2v) is 21.7. The number of hydrogen-bond donors (Lipinski definition) is 2. The fourth-order valence-electron chi connectivity index (χ4n) is 6.86. The van der Waals surface area contributed by atoms with E-state index in [9.17, 15) is 45.0 Å². The molecule has 0 bridgehead atoms. The van der Waals surface area contributed by atoms with Crippen LogP contribution in [0.1, 0.15) is 58.4 Å². The average Bonchev–Trinajstić information content (AvgIpc) is 3.36. The lowest BCUT2D eigenvalue weighted by Crippen LogP contribution is -2.22. The van der Waals surface area contributed by atoms with E-state index in [0.29, 0.717) is 55.9 Å². The smallest absolute Gasteiger partial charge is 0.449 e. The van der Waals surface area contributed by atoms with Crippen LogP contribution < -0.4 is 9.47 Å². The summed E-state index contributed by atoms with van der Waals surface area (Å²) in [5.41, 5.74) is 4.92. The normalized spacial score (nSPS) is 12.1. The Bertz CT molecular complexity index is 2540. The minimum Gasteiger partial charge on any atom is -0.493 e. The summed E-state index contributed by atoms with van der Waals surface area (Å²) in [6, 6.07) is 42.5. The Kier molecular flexibility index (Phi) is 24.3. The van der Waals surface area contributed by atoms with Gasteiger partial charge in [0.05, 0.1) is 31.3 Å². The summed E-state index contributed by atoms with van der Waals surface area (Å²) in [6.07, 6.45) is -11.5. The molecule has 398 valence electrons. The lowest BCUT2D eigenvalue weighted by molar-refractivity contribution is -0.171. The number of hydrogen-bond acceptors (Lipinski definition) is 9. The van der Waals surface area contributed by atoms with Crippen molar-refractivity contribution < 1.29 is 64.0 Å². The van der Waals surface area contributed by atoms with Gasteiger partial charge in [-0.25, -0.2) is 0 Å². The number of aryl methyl sites for hydroxylation is 2. The number of ketones is 2. The molecule has 6 rings (SSSR count). The van der Waals surface area contributed by atoms with E-state index in [0.717, 1.165) is 33.8 Å². The Hall–Kier alpha value is -4.46. The van der Waals surface area contributed by atoms with Crippen molar-refractivity contribution >= 4 is 80.3 Å². The second-order valence-electron chi connectivity index (χ2n) is 16.4. The molecule has 0 aliphatic rings. The minimum absolute atomic E-state index is 0.000210. The van der Waals surface area contributed by atoms with E-state index < -0.39 is 53.5 Å². The predicted octanol–water partition coefficient (Wildman–Crippen LogP) is 16.0. The van der Waals surface area contributed by atoms with Gasteiger partial charge in [0.2, 0.25) is 11.6 Å². The van der Waals surface area contributed by atoms with Crippen LogP contribution in [0.15, 0.2) is 146 Å². The molecule has 0 saturated heterocycles. The van der Waals surface area contributed by atoms with E-state index in [1.807, 2.05) is 72.8 Å². The van der Waals surface area contributed by atoms with E-state index in [4.69, 9.17) is 65.4 Å². The van der Waals surface area contributed by atoms with E-state index in [2.05, 4.69) is 0 Å². The van der Waals surface area contributed by atoms with Crippen molar-refractivity contribution in [2.24, 2.45) is 0 Å². The molecule has 0 unspecified atom stereocenters. The van der Waals surface area contributed by atoms with Crippen LogP contribution in [-0.2, 0) is 31.9 Å². The van der Waals surface area contributed by atoms with Crippen LogP contribution in [0.4, 0.5) is 26.3 Å². The fraction of sp³-hybridized carbons (Fsp3) is 0.296. The first kappa shape index (κ1) is 60.4. The number of thioether (sulfide) groups is 1. The monoisotopic (exact) mass is 1150 g/mol. The molecule has 0 spiro atoms. The summed E-state index contributed by atoms with van der Waals surface area (Å²) in [5, 5.41) is 2.50. The van der Waals surface area contributed by atoms with E-state index in [1.54, 1.807) is 84.6 Å². The summed E-state index contributed by atoms with van der Waals surface area (Å²) in [7, 11) is -3.00. The lowest BCUT2D eigenvalue weighted by atomic mass is 10.0. The molecule has 2 N–H and O–H groups in total. The maximum atomic E-state index is 12.3. The quantitative estimate of drug-likeness (QED) is 0.0405. The molecule has 0 aliphatic heterocycles. The van der Waals surface area contributed by atoms with Crippen molar-refractivity contribution in [1.29, 1.82) is 0 Å². The zero-order chi connectivity index (χ0) is 53.7. The summed E-state index contributed by atoms with van der Waals surface area (Å²) >= 11 is 25.8. The molecular formula is C54H52Cl4F6O8S2. The van der Waals surface area contributed by atoms with Crippen LogP contribution in [0, 0.1) is 0 Å². The van der Waals surface area contributed by atoms with Crippen LogP contribution in [0.2, 0.25) is 20.1 Å². The maximum absolute atomic E-state index is 12.3. The Morgan fingerprint density at radius 3 is 1.12 bits per heavy atom. The van der Waals surface area contributed by atoms with Gasteiger partial charge in [0.15, 0.2) is 0 Å². The van der Waals surface area contributed by atoms with Crippen molar-refractivity contribution in [3.05, 3.63) is 199 Å². The van der Waals surface area contributed by atoms with Gasteiger partial charge < -0.3 is 18.9 Å². The molecule has 0 saturated carbocycles. The van der Waals surface area contributed by atoms with Crippen molar-refractivity contribution in [3.8, 4) is 11.5 Å². The highest BCUT2D eigenvalue weighted by Crippen LogP contribution is 2.39. The number of alkyl halides is 6. The maximum Gasteiger partial charge on any atom is 0.449 e. The zero-order valence-electron chi connectivity index (χ0n) is 39.4. The number of halogens is 10. The highest BCUT2D eigenvalue weighted by molar-refractivity contribution is 8.24. The van der Waals surface area contributed by atoms with Gasteiger partial charge in [0, 0.05) is 44.4 Å². The summed E-state index contributed by atoms with van der Waals surface area (Å²) in [5.74, 6) is -0.928. The number of ether oxygens (including phenoxy) is 4. The molecule has 8 nitrogen and oxygen atoms in total. The van der Waals surface area contributed by atoms with Gasteiger partial charge in [-0.1, -0.05) is 119 Å². The van der Waals surface area contributed by atoms with Gasteiger partial charge in [-0.3, -0.25) is 18.7 Å². The number of benzene rings is 6. The van der Waals surface area contributed by atoms with Gasteiger partial charge in [0.1, 0.15) is 30.3 Å². The summed E-state index contributed by atoms with van der Waals surface area (Å²) in [6.45, 7) is 1.11. The number of carbonyl (C=O) groups is 2. The molecule has 0 atom stereocenters. The fourth-order valence-corrected chi connectivity index (χ4v) is 8.90. The topological polar surface area (TPSA) is 112 Å². The molecule has 20 heteroatoms. The van der Waals surface area contributed by atoms with Crippen LogP contribution in [-0.4, -0.2) is 82.5 Å². The number of Topliss-reactive ketones (excluding diaryl/α,β-unsaturated/α-hetero) is 2. The van der Waals surface area contributed by atoms with Crippen LogP contribution >= 0.6 is 68.8 Å². The van der Waals surface area contributed by atoms with E-state index in [1.165, 1.54) is 0 Å². The van der Waals surface area contributed by atoms with Crippen molar-refractivity contribution in [2.45, 2.75) is 50.2 Å². The zero-order valence-corrected chi connectivity index (χ0v) is 44.1. The average molecular weight is 1150 g/mol. The molecule has 0 fully saturated rings. The third-order valence-corrected chi connectivity index (χ3v) is 14.4. The molecule has 6 aromatic carbocycles. The largest absolute Gasteiger partial charge is 0.493 e. The van der Waals surface area contributed by atoms with Crippen molar-refractivity contribution in [1.82, 2.24) is 0 Å². The van der Waals surface area contributed by atoms with E-state index in [-0.39, 0.29) is 43.7 Å². The first-order chi connectivity index (χ1) is 35.1. The van der Waals surface area contributed by atoms with E-state index >= 15 is 0 Å². The van der Waals surface area contributed by atoms with Gasteiger partial charge in [-0.15, -0.1) is 0 Å². The highest BCUT2D eigenvalue weighted by Gasteiger charge is 2.38. The lowest BCUT2D eigenvalue weighted by Gasteiger charge is -2.32. The van der Waals surface area contributed by atoms with Crippen molar-refractivity contribution in [2.75, 3.05) is 49.4 Å². The van der Waals surface area contributed by atoms with Gasteiger partial charge in [-0.05, 0) is 119 Å². The first-order valence-electron chi connectivity index (χ1n) is 22.8. The molecule has 6 aromatic rings. The number of carbonyl (C=O) groups excluding carboxylic acids is 2. The molecule has 0 aliphatic carbocycles. The molecule has 0 aromatic heterocycles. The van der Waals surface area contributed by atoms with Crippen LogP contribution in [0.3, 0.4) is 0 Å². The number of rotatable bonds is 26. The van der Waals surface area contributed by atoms with Gasteiger partial charge in [0.25, 0.3) is 0 Å². The Balaban J connectivity index is 0.000000274. The van der Waals surface area contributed by atoms with Crippen molar-refractivity contribution in [3.63, 3.8) is 0 Å². The van der Waals surface area contributed by atoms with Gasteiger partial charge in [-0.2, -0.15) is 48.7 Å². The first-order valence-corrected chi connectivity index (χ1v) is 27.4. The molecule has 0 heterocycles. The summed E-state index contributed by atoms with van der Waals surface area (Å²) in [4.78, 5) is 22.0. The molecule has 74 heavy (non-hydrogen) atoms. The predicted molar refractivity (Wildman–Crippen MR) is 284 cm³/mol. The molecule has 0 radical (unpaired) electrons.